The molecule has 130 valence electrons. The number of aromatic nitrogens is 1. The first-order valence-electron chi connectivity index (χ1n) is 7.50. The molecule has 8 heteroatoms. The smallest absolute Gasteiger partial charge is 0.244 e. The molecule has 6 nitrogen and oxygen atoms in total. The van der Waals surface area contributed by atoms with Gasteiger partial charge < -0.3 is 11.1 Å². The normalized spacial score (nSPS) is 17.0. The Morgan fingerprint density at radius 2 is 2.12 bits per heavy atom. The van der Waals surface area contributed by atoms with Gasteiger partial charge >= 0.3 is 0 Å². The van der Waals surface area contributed by atoms with Crippen molar-refractivity contribution in [3.05, 3.63) is 53.2 Å². The van der Waals surface area contributed by atoms with Crippen LogP contribution in [0.2, 0.25) is 0 Å². The van der Waals surface area contributed by atoms with Gasteiger partial charge in [0.1, 0.15) is 10.7 Å². The SMILES string of the molecule is Cc1cnc(N)c(S(=O)(=O)NCC2NCCc3ccccc32)c1.Cl. The molecule has 24 heavy (non-hydrogen) atoms. The van der Waals surface area contributed by atoms with Crippen LogP contribution in [0, 0.1) is 6.92 Å². The Hall–Kier alpha value is -1.67. The number of nitrogens with zero attached hydrogens (tertiary/aromatic N) is 1. The zero-order valence-corrected chi connectivity index (χ0v) is 15.0. The molecule has 1 aliphatic heterocycles. The molecule has 0 bridgehead atoms. The molecule has 0 saturated heterocycles. The van der Waals surface area contributed by atoms with Crippen LogP contribution < -0.4 is 15.8 Å². The van der Waals surface area contributed by atoms with Gasteiger partial charge in [-0.1, -0.05) is 24.3 Å². The molecule has 3 rings (SSSR count). The molecular weight excluding hydrogens is 348 g/mol. The van der Waals surface area contributed by atoms with Crippen molar-refractivity contribution in [3.8, 4) is 0 Å². The number of halogens is 1. The molecule has 1 atom stereocenters. The van der Waals surface area contributed by atoms with Gasteiger partial charge in [-0.15, -0.1) is 12.4 Å². The highest BCUT2D eigenvalue weighted by molar-refractivity contribution is 7.89. The van der Waals surface area contributed by atoms with Crippen molar-refractivity contribution in [3.63, 3.8) is 0 Å². The van der Waals surface area contributed by atoms with Crippen LogP contribution in [-0.2, 0) is 16.4 Å². The summed E-state index contributed by atoms with van der Waals surface area (Å²) < 4.78 is 27.6. The molecule has 1 aromatic heterocycles. The van der Waals surface area contributed by atoms with Crippen molar-refractivity contribution in [2.75, 3.05) is 18.8 Å². The number of aryl methyl sites for hydroxylation is 1. The van der Waals surface area contributed by atoms with E-state index in [1.807, 2.05) is 18.2 Å². The Labute approximate surface area is 148 Å². The molecule has 0 radical (unpaired) electrons. The monoisotopic (exact) mass is 368 g/mol. The van der Waals surface area contributed by atoms with E-state index in [1.165, 1.54) is 11.6 Å². The molecule has 1 unspecified atom stereocenters. The summed E-state index contributed by atoms with van der Waals surface area (Å²) in [6.45, 7) is 2.88. The maximum absolute atomic E-state index is 12.5. The first-order valence-corrected chi connectivity index (χ1v) is 8.98. The Kier molecular flexibility index (Phi) is 5.82. The number of benzene rings is 1. The quantitative estimate of drug-likeness (QED) is 0.760. The highest BCUT2D eigenvalue weighted by atomic mass is 35.5. The van der Waals surface area contributed by atoms with Gasteiger partial charge in [-0.05, 0) is 42.6 Å². The number of pyridine rings is 1. The molecule has 1 aromatic carbocycles. The number of hydrogen-bond donors (Lipinski definition) is 3. The van der Waals surface area contributed by atoms with Gasteiger partial charge in [0.05, 0.1) is 0 Å². The Morgan fingerprint density at radius 3 is 2.92 bits per heavy atom. The maximum atomic E-state index is 12.5. The summed E-state index contributed by atoms with van der Waals surface area (Å²) in [5.74, 6) is 0.0140. The fourth-order valence-corrected chi connectivity index (χ4v) is 4.02. The largest absolute Gasteiger partial charge is 0.383 e. The van der Waals surface area contributed by atoms with Gasteiger partial charge in [-0.2, -0.15) is 0 Å². The zero-order valence-electron chi connectivity index (χ0n) is 13.3. The van der Waals surface area contributed by atoms with E-state index in [9.17, 15) is 8.42 Å². The van der Waals surface area contributed by atoms with Gasteiger partial charge in [-0.3, -0.25) is 0 Å². The summed E-state index contributed by atoms with van der Waals surface area (Å²) in [7, 11) is -3.69. The molecule has 0 spiro atoms. The fraction of sp³-hybridized carbons (Fsp3) is 0.312. The van der Waals surface area contributed by atoms with Gasteiger partial charge in [0.2, 0.25) is 10.0 Å². The van der Waals surface area contributed by atoms with Crippen LogP contribution >= 0.6 is 12.4 Å². The number of hydrogen-bond acceptors (Lipinski definition) is 5. The number of anilines is 1. The van der Waals surface area contributed by atoms with Crippen LogP contribution in [0.4, 0.5) is 5.82 Å². The minimum absolute atomic E-state index is 0. The van der Waals surface area contributed by atoms with E-state index in [2.05, 4.69) is 21.1 Å². The summed E-state index contributed by atoms with van der Waals surface area (Å²) in [6.07, 6.45) is 2.50. The Bertz CT molecular complexity index is 827. The number of rotatable bonds is 4. The molecule has 0 amide bonds. The first-order chi connectivity index (χ1) is 11.0. The van der Waals surface area contributed by atoms with E-state index >= 15 is 0 Å². The van der Waals surface area contributed by atoms with Crippen molar-refractivity contribution < 1.29 is 8.42 Å². The van der Waals surface area contributed by atoms with E-state index < -0.39 is 10.0 Å². The standard InChI is InChI=1S/C16H20N4O2S.ClH/c1-11-8-15(16(17)19-9-11)23(21,22)20-10-14-13-5-3-2-4-12(13)6-7-18-14;/h2-5,8-9,14,18,20H,6-7,10H2,1H3,(H2,17,19);1H. The highest BCUT2D eigenvalue weighted by Crippen LogP contribution is 2.23. The van der Waals surface area contributed by atoms with Gasteiger partial charge in [0.25, 0.3) is 0 Å². The third-order valence-corrected chi connectivity index (χ3v) is 5.45. The van der Waals surface area contributed by atoms with E-state index in [-0.39, 0.29) is 35.7 Å². The minimum atomic E-state index is -3.69. The van der Waals surface area contributed by atoms with E-state index in [1.54, 1.807) is 13.1 Å². The van der Waals surface area contributed by atoms with Crippen LogP contribution in [0.3, 0.4) is 0 Å². The van der Waals surface area contributed by atoms with Crippen molar-refractivity contribution in [2.24, 2.45) is 0 Å². The van der Waals surface area contributed by atoms with Crippen molar-refractivity contribution in [1.82, 2.24) is 15.0 Å². The molecule has 0 fully saturated rings. The average molecular weight is 369 g/mol. The second kappa shape index (κ2) is 7.48. The van der Waals surface area contributed by atoms with Gasteiger partial charge in [-0.25, -0.2) is 18.1 Å². The lowest BCUT2D eigenvalue weighted by Gasteiger charge is -2.27. The molecular formula is C16H21ClN4O2S. The number of nitrogens with one attached hydrogen (secondary N) is 2. The van der Waals surface area contributed by atoms with Crippen LogP contribution in [0.25, 0.3) is 0 Å². The lowest BCUT2D eigenvalue weighted by atomic mass is 9.95. The minimum Gasteiger partial charge on any atom is -0.383 e. The predicted molar refractivity (Wildman–Crippen MR) is 96.7 cm³/mol. The topological polar surface area (TPSA) is 97.1 Å². The third-order valence-electron chi connectivity index (χ3n) is 4.00. The Morgan fingerprint density at radius 1 is 1.38 bits per heavy atom. The predicted octanol–water partition coefficient (Wildman–Crippen LogP) is 1.56. The van der Waals surface area contributed by atoms with Crippen LogP contribution in [-0.4, -0.2) is 26.5 Å². The molecule has 2 aromatic rings. The summed E-state index contributed by atoms with van der Waals surface area (Å²) in [5, 5.41) is 3.35. The summed E-state index contributed by atoms with van der Waals surface area (Å²) in [4.78, 5) is 3.95. The summed E-state index contributed by atoms with van der Waals surface area (Å²) in [6, 6.07) is 9.57. The maximum Gasteiger partial charge on any atom is 0.244 e. The average Bonchev–Trinajstić information content (AvgIpc) is 2.55. The van der Waals surface area contributed by atoms with E-state index in [0.29, 0.717) is 0 Å². The second-order valence-electron chi connectivity index (χ2n) is 5.70. The van der Waals surface area contributed by atoms with E-state index in [0.717, 1.165) is 24.1 Å². The fourth-order valence-electron chi connectivity index (χ4n) is 2.81. The van der Waals surface area contributed by atoms with Gasteiger partial charge in [0.15, 0.2) is 0 Å². The zero-order chi connectivity index (χ0) is 16.4. The van der Waals surface area contributed by atoms with Crippen molar-refractivity contribution in [2.45, 2.75) is 24.3 Å². The third kappa shape index (κ3) is 3.87. The lowest BCUT2D eigenvalue weighted by Crippen LogP contribution is -2.39. The molecule has 4 N–H and O–H groups in total. The lowest BCUT2D eigenvalue weighted by molar-refractivity contribution is 0.491. The molecule has 2 heterocycles. The summed E-state index contributed by atoms with van der Waals surface area (Å²) >= 11 is 0. The first kappa shape index (κ1) is 18.7. The molecule has 0 aliphatic carbocycles. The number of nitrogen functional groups attached to an aromatic ring is 1. The molecule has 1 aliphatic rings. The number of fused-ring (bicyclic) bond motifs is 1. The second-order valence-corrected chi connectivity index (χ2v) is 7.44. The Balaban J connectivity index is 0.00000208. The van der Waals surface area contributed by atoms with Crippen molar-refractivity contribution in [1.29, 1.82) is 0 Å². The van der Waals surface area contributed by atoms with Crippen LogP contribution in [0.15, 0.2) is 41.4 Å². The van der Waals surface area contributed by atoms with Crippen LogP contribution in [0.1, 0.15) is 22.7 Å². The van der Waals surface area contributed by atoms with Crippen LogP contribution in [0.5, 0.6) is 0 Å². The molecule has 0 saturated carbocycles. The van der Waals surface area contributed by atoms with E-state index in [4.69, 9.17) is 5.73 Å². The number of nitrogens with two attached hydrogens (primary N) is 1. The van der Waals surface area contributed by atoms with Gasteiger partial charge in [0, 0.05) is 18.8 Å². The summed E-state index contributed by atoms with van der Waals surface area (Å²) in [5.41, 5.74) is 8.86. The van der Waals surface area contributed by atoms with Crippen molar-refractivity contribution >= 4 is 28.2 Å². The number of sulfonamides is 1. The highest BCUT2D eigenvalue weighted by Gasteiger charge is 2.23.